The van der Waals surface area contributed by atoms with E-state index in [0.29, 0.717) is 0 Å². The lowest BCUT2D eigenvalue weighted by atomic mass is 10.3. The Kier molecular flexibility index (Phi) is 1.47. The molecule has 2 aromatic rings. The van der Waals surface area contributed by atoms with Crippen molar-refractivity contribution in [2.45, 2.75) is 0 Å². The minimum Gasteiger partial charge on any atom is -0.275 e. The molecule has 0 fully saturated rings. The van der Waals surface area contributed by atoms with Crippen LogP contribution in [0.3, 0.4) is 0 Å². The molecule has 0 aliphatic carbocycles. The molecule has 0 N–H and O–H groups in total. The molecule has 0 aromatic carbocycles. The van der Waals surface area contributed by atoms with Crippen molar-refractivity contribution in [2.75, 3.05) is 0 Å². The van der Waals surface area contributed by atoms with Gasteiger partial charge in [0.1, 0.15) is 11.4 Å². The van der Waals surface area contributed by atoms with E-state index in [4.69, 9.17) is 0 Å². The molecule has 0 saturated carbocycles. The normalized spacial score (nSPS) is 10.3. The zero-order valence-electron chi connectivity index (χ0n) is 6.06. The zero-order chi connectivity index (χ0) is 7.68. The predicted octanol–water partition coefficient (Wildman–Crippen LogP) is 1.54. The second kappa shape index (κ2) is 2.47. The van der Waals surface area contributed by atoms with E-state index in [1.54, 1.807) is 4.68 Å². The Labute approximate surface area is 68.5 Å². The van der Waals surface area contributed by atoms with Crippen LogP contribution >= 0.6 is 11.5 Å². The molecule has 0 bridgehead atoms. The fourth-order valence-corrected chi connectivity index (χ4v) is 1.41. The average molecular weight is 165 g/mol. The molecule has 2 aromatic heterocycles. The van der Waals surface area contributed by atoms with Gasteiger partial charge in [0.2, 0.25) is 0 Å². The lowest BCUT2D eigenvalue weighted by molar-refractivity contribution is 0.770. The van der Waals surface area contributed by atoms with Gasteiger partial charge in [-0.2, -0.15) is 9.47 Å². The standard InChI is InChI=1S/C7H7N3S/c1-10-4-2-6(8-10)7-3-5-11-9-7/h2-5H,1H3. The van der Waals surface area contributed by atoms with Gasteiger partial charge < -0.3 is 0 Å². The van der Waals surface area contributed by atoms with Crippen molar-refractivity contribution in [2.24, 2.45) is 7.05 Å². The summed E-state index contributed by atoms with van der Waals surface area (Å²) >= 11 is 1.44. The summed E-state index contributed by atoms with van der Waals surface area (Å²) in [5.41, 5.74) is 1.89. The molecule has 11 heavy (non-hydrogen) atoms. The van der Waals surface area contributed by atoms with Crippen LogP contribution in [0.1, 0.15) is 0 Å². The van der Waals surface area contributed by atoms with Crippen LogP contribution in [0.5, 0.6) is 0 Å². The molecule has 3 nitrogen and oxygen atoms in total. The number of hydrogen-bond donors (Lipinski definition) is 0. The van der Waals surface area contributed by atoms with E-state index in [1.165, 1.54) is 11.5 Å². The van der Waals surface area contributed by atoms with Crippen molar-refractivity contribution in [3.8, 4) is 11.4 Å². The average Bonchev–Trinajstić information content (AvgIpc) is 2.55. The molecule has 0 spiro atoms. The summed E-state index contributed by atoms with van der Waals surface area (Å²) in [6, 6.07) is 3.92. The zero-order valence-corrected chi connectivity index (χ0v) is 6.88. The Morgan fingerprint density at radius 1 is 1.36 bits per heavy atom. The summed E-state index contributed by atoms with van der Waals surface area (Å²) < 4.78 is 5.94. The highest BCUT2D eigenvalue weighted by Crippen LogP contribution is 2.14. The molecule has 4 heteroatoms. The van der Waals surface area contributed by atoms with E-state index in [2.05, 4.69) is 9.47 Å². The van der Waals surface area contributed by atoms with Crippen LogP contribution in [0.4, 0.5) is 0 Å². The van der Waals surface area contributed by atoms with Crippen LogP contribution in [-0.4, -0.2) is 14.2 Å². The fourth-order valence-electron chi connectivity index (χ4n) is 0.896. The lowest BCUT2D eigenvalue weighted by Crippen LogP contribution is -1.87. The van der Waals surface area contributed by atoms with Crippen molar-refractivity contribution >= 4 is 11.5 Å². The third-order valence-electron chi connectivity index (χ3n) is 1.41. The largest absolute Gasteiger partial charge is 0.275 e. The van der Waals surface area contributed by atoms with Crippen LogP contribution in [-0.2, 0) is 7.05 Å². The van der Waals surface area contributed by atoms with E-state index in [0.717, 1.165) is 11.4 Å². The molecule has 0 amide bonds. The number of aryl methyl sites for hydroxylation is 1. The fraction of sp³-hybridized carbons (Fsp3) is 0.143. The number of hydrogen-bond acceptors (Lipinski definition) is 3. The molecule has 56 valence electrons. The van der Waals surface area contributed by atoms with Crippen molar-refractivity contribution in [1.82, 2.24) is 14.2 Å². The summed E-state index contributed by atoms with van der Waals surface area (Å²) in [5, 5.41) is 6.16. The number of nitrogens with zero attached hydrogens (tertiary/aromatic N) is 3. The molecule has 2 rings (SSSR count). The first kappa shape index (κ1) is 6.54. The SMILES string of the molecule is Cn1ccc(-c2ccsn2)n1. The van der Waals surface area contributed by atoms with Crippen LogP contribution in [0.15, 0.2) is 23.7 Å². The van der Waals surface area contributed by atoms with Gasteiger partial charge in [-0.25, -0.2) is 0 Å². The van der Waals surface area contributed by atoms with Gasteiger partial charge in [0.05, 0.1) is 0 Å². The van der Waals surface area contributed by atoms with Crippen molar-refractivity contribution in [1.29, 1.82) is 0 Å². The number of aromatic nitrogens is 3. The second-order valence-corrected chi connectivity index (χ2v) is 2.92. The molecule has 0 unspecified atom stereocenters. The molecular formula is C7H7N3S. The quantitative estimate of drug-likeness (QED) is 0.641. The third-order valence-corrected chi connectivity index (χ3v) is 1.97. The summed E-state index contributed by atoms with van der Waals surface area (Å²) in [6.45, 7) is 0. The number of rotatable bonds is 1. The van der Waals surface area contributed by atoms with Gasteiger partial charge >= 0.3 is 0 Å². The van der Waals surface area contributed by atoms with E-state index >= 15 is 0 Å². The van der Waals surface area contributed by atoms with Crippen molar-refractivity contribution in [3.05, 3.63) is 23.7 Å². The van der Waals surface area contributed by atoms with Crippen molar-refractivity contribution in [3.63, 3.8) is 0 Å². The first-order chi connectivity index (χ1) is 5.36. The van der Waals surface area contributed by atoms with Gasteiger partial charge in [-0.1, -0.05) is 0 Å². The van der Waals surface area contributed by atoms with Gasteiger partial charge in [0.15, 0.2) is 0 Å². The maximum atomic E-state index is 4.21. The Morgan fingerprint density at radius 2 is 2.27 bits per heavy atom. The summed E-state index contributed by atoms with van der Waals surface area (Å²) in [6.07, 6.45) is 1.91. The molecule has 2 heterocycles. The first-order valence-corrected chi connectivity index (χ1v) is 4.10. The molecule has 0 saturated heterocycles. The minimum absolute atomic E-state index is 0.939. The molecule has 0 aliphatic heterocycles. The monoisotopic (exact) mass is 165 g/mol. The Bertz CT molecular complexity index is 336. The smallest absolute Gasteiger partial charge is 0.112 e. The van der Waals surface area contributed by atoms with Gasteiger partial charge in [-0.05, 0) is 23.7 Å². The molecule has 0 aliphatic rings. The van der Waals surface area contributed by atoms with Crippen molar-refractivity contribution < 1.29 is 0 Å². The van der Waals surface area contributed by atoms with Crippen LogP contribution in [0.25, 0.3) is 11.4 Å². The second-order valence-electron chi connectivity index (χ2n) is 2.26. The van der Waals surface area contributed by atoms with Gasteiger partial charge in [0, 0.05) is 18.6 Å². The highest BCUT2D eigenvalue weighted by molar-refractivity contribution is 7.03. The molecule has 0 radical (unpaired) electrons. The van der Waals surface area contributed by atoms with Crippen LogP contribution in [0.2, 0.25) is 0 Å². The Balaban J connectivity index is 2.45. The Hall–Kier alpha value is -1.16. The highest BCUT2D eigenvalue weighted by atomic mass is 32.1. The van der Waals surface area contributed by atoms with Crippen LogP contribution < -0.4 is 0 Å². The van der Waals surface area contributed by atoms with Gasteiger partial charge in [0.25, 0.3) is 0 Å². The summed E-state index contributed by atoms with van der Waals surface area (Å²) in [4.78, 5) is 0. The van der Waals surface area contributed by atoms with E-state index in [1.807, 2.05) is 30.8 Å². The summed E-state index contributed by atoms with van der Waals surface area (Å²) in [5.74, 6) is 0. The van der Waals surface area contributed by atoms with Gasteiger partial charge in [-0.15, -0.1) is 0 Å². The van der Waals surface area contributed by atoms with E-state index in [9.17, 15) is 0 Å². The molecule has 0 atom stereocenters. The third kappa shape index (κ3) is 1.17. The summed E-state index contributed by atoms with van der Waals surface area (Å²) in [7, 11) is 1.90. The van der Waals surface area contributed by atoms with Crippen LogP contribution in [0, 0.1) is 0 Å². The minimum atomic E-state index is 0.939. The molecular weight excluding hydrogens is 158 g/mol. The first-order valence-electron chi connectivity index (χ1n) is 3.26. The van der Waals surface area contributed by atoms with Gasteiger partial charge in [-0.3, -0.25) is 4.68 Å². The Morgan fingerprint density at radius 3 is 2.82 bits per heavy atom. The predicted molar refractivity (Wildman–Crippen MR) is 44.3 cm³/mol. The maximum absolute atomic E-state index is 4.21. The van der Waals surface area contributed by atoms with E-state index in [-0.39, 0.29) is 0 Å². The maximum Gasteiger partial charge on any atom is 0.112 e. The lowest BCUT2D eigenvalue weighted by Gasteiger charge is -1.86. The van der Waals surface area contributed by atoms with E-state index < -0.39 is 0 Å². The highest BCUT2D eigenvalue weighted by Gasteiger charge is 2.00. The topological polar surface area (TPSA) is 30.7 Å².